The molecule has 0 aliphatic heterocycles. The maximum absolute atomic E-state index is 10.0. The third-order valence-corrected chi connectivity index (χ3v) is 1.93. The molecule has 0 aromatic rings. The standard InChI is InChI=1S/C6H15N.C4H5ClO3/c1-4-7(5-2)6-3;1-2-8-4(7)3(5)6/h4-6H2,1-3H3;2H2,1H3. The van der Waals surface area contributed by atoms with Crippen LogP contribution in [-0.2, 0) is 14.3 Å². The van der Waals surface area contributed by atoms with Gasteiger partial charge in [0.15, 0.2) is 0 Å². The maximum Gasteiger partial charge on any atom is 0.391 e. The third kappa shape index (κ3) is 11.3. The van der Waals surface area contributed by atoms with Crippen molar-refractivity contribution >= 4 is 22.8 Å². The first-order valence-corrected chi connectivity index (χ1v) is 5.50. The second-order valence-corrected chi connectivity index (χ2v) is 2.96. The highest BCUT2D eigenvalue weighted by Crippen LogP contribution is 1.83. The molecule has 0 aromatic heterocycles. The van der Waals surface area contributed by atoms with Gasteiger partial charge in [-0.3, -0.25) is 4.79 Å². The zero-order valence-corrected chi connectivity index (χ0v) is 10.6. The Balaban J connectivity index is 0. The van der Waals surface area contributed by atoms with Crippen molar-refractivity contribution in [2.45, 2.75) is 27.7 Å². The molecule has 0 amide bonds. The van der Waals surface area contributed by atoms with E-state index < -0.39 is 11.2 Å². The van der Waals surface area contributed by atoms with Crippen molar-refractivity contribution < 1.29 is 14.3 Å². The van der Waals surface area contributed by atoms with Gasteiger partial charge in [-0.25, -0.2) is 4.79 Å². The smallest absolute Gasteiger partial charge is 0.391 e. The second kappa shape index (κ2) is 11.5. The maximum atomic E-state index is 10.0. The lowest BCUT2D eigenvalue weighted by Gasteiger charge is -2.13. The minimum absolute atomic E-state index is 0.178. The molecule has 0 aromatic carbocycles. The van der Waals surface area contributed by atoms with Crippen molar-refractivity contribution in [1.29, 1.82) is 0 Å². The first-order chi connectivity index (χ1) is 7.03. The number of esters is 1. The van der Waals surface area contributed by atoms with Gasteiger partial charge in [0.25, 0.3) is 0 Å². The zero-order chi connectivity index (χ0) is 12.3. The Labute approximate surface area is 96.5 Å². The molecule has 0 saturated heterocycles. The van der Waals surface area contributed by atoms with E-state index in [0.717, 1.165) is 0 Å². The largest absolute Gasteiger partial charge is 0.459 e. The van der Waals surface area contributed by atoms with E-state index in [1.165, 1.54) is 19.6 Å². The van der Waals surface area contributed by atoms with Crippen LogP contribution in [0.25, 0.3) is 0 Å². The summed E-state index contributed by atoms with van der Waals surface area (Å²) < 4.78 is 4.18. The van der Waals surface area contributed by atoms with Crippen LogP contribution >= 0.6 is 11.6 Å². The van der Waals surface area contributed by atoms with Crippen LogP contribution in [0.15, 0.2) is 0 Å². The molecule has 0 N–H and O–H groups in total. The summed E-state index contributed by atoms with van der Waals surface area (Å²) in [6.45, 7) is 11.9. The molecule has 0 unspecified atom stereocenters. The van der Waals surface area contributed by atoms with Crippen molar-refractivity contribution in [3.63, 3.8) is 0 Å². The molecule has 0 atom stereocenters. The van der Waals surface area contributed by atoms with E-state index in [1.807, 2.05) is 0 Å². The van der Waals surface area contributed by atoms with Crippen LogP contribution in [-0.4, -0.2) is 42.4 Å². The summed E-state index contributed by atoms with van der Waals surface area (Å²) in [5, 5.41) is -1.08. The van der Waals surface area contributed by atoms with Gasteiger partial charge < -0.3 is 9.64 Å². The van der Waals surface area contributed by atoms with Crippen LogP contribution in [0.3, 0.4) is 0 Å². The first kappa shape index (κ1) is 16.8. The molecular weight excluding hydrogens is 218 g/mol. The summed E-state index contributed by atoms with van der Waals surface area (Å²) in [5.74, 6) is -0.992. The summed E-state index contributed by atoms with van der Waals surface area (Å²) in [6.07, 6.45) is 0. The predicted molar refractivity (Wildman–Crippen MR) is 61.0 cm³/mol. The van der Waals surface area contributed by atoms with Gasteiger partial charge in [0.1, 0.15) is 0 Å². The van der Waals surface area contributed by atoms with Crippen LogP contribution in [0, 0.1) is 0 Å². The quantitative estimate of drug-likeness (QED) is 0.415. The summed E-state index contributed by atoms with van der Waals surface area (Å²) in [7, 11) is 0. The Hall–Kier alpha value is -0.610. The molecule has 4 nitrogen and oxygen atoms in total. The molecule has 0 bridgehead atoms. The van der Waals surface area contributed by atoms with Crippen LogP contribution in [0.4, 0.5) is 0 Å². The topological polar surface area (TPSA) is 46.6 Å². The number of halogens is 1. The van der Waals surface area contributed by atoms with E-state index in [-0.39, 0.29) is 6.61 Å². The second-order valence-electron chi connectivity index (χ2n) is 2.61. The molecule has 90 valence electrons. The Morgan fingerprint density at radius 3 is 1.53 bits per heavy atom. The van der Waals surface area contributed by atoms with E-state index in [2.05, 4.69) is 30.4 Å². The van der Waals surface area contributed by atoms with Crippen LogP contribution < -0.4 is 0 Å². The van der Waals surface area contributed by atoms with E-state index in [9.17, 15) is 9.59 Å². The molecule has 5 heteroatoms. The minimum atomic E-state index is -1.08. The SMILES string of the molecule is CCN(CC)CC.CCOC(=O)C(=O)Cl. The molecular formula is C10H20ClNO3. The van der Waals surface area contributed by atoms with Crippen molar-refractivity contribution in [2.75, 3.05) is 26.2 Å². The summed E-state index contributed by atoms with van der Waals surface area (Å²) in [6, 6.07) is 0. The number of hydrogen-bond donors (Lipinski definition) is 0. The molecule has 0 radical (unpaired) electrons. The summed E-state index contributed by atoms with van der Waals surface area (Å²) in [4.78, 5) is 22.2. The van der Waals surface area contributed by atoms with Gasteiger partial charge in [-0.1, -0.05) is 20.8 Å². The molecule has 0 aliphatic rings. The summed E-state index contributed by atoms with van der Waals surface area (Å²) in [5.41, 5.74) is 0. The third-order valence-electron chi connectivity index (χ3n) is 1.78. The van der Waals surface area contributed by atoms with Crippen molar-refractivity contribution in [2.24, 2.45) is 0 Å². The molecule has 0 rings (SSSR count). The Bertz CT molecular complexity index is 176. The molecule has 0 saturated carbocycles. The highest BCUT2D eigenvalue weighted by molar-refractivity contribution is 6.80. The Morgan fingerprint density at radius 1 is 1.07 bits per heavy atom. The Morgan fingerprint density at radius 2 is 1.47 bits per heavy atom. The van der Waals surface area contributed by atoms with Gasteiger partial charge in [0.2, 0.25) is 0 Å². The lowest BCUT2D eigenvalue weighted by atomic mass is 10.5. The van der Waals surface area contributed by atoms with Crippen molar-refractivity contribution in [3.8, 4) is 0 Å². The van der Waals surface area contributed by atoms with Crippen molar-refractivity contribution in [1.82, 2.24) is 4.90 Å². The van der Waals surface area contributed by atoms with Crippen LogP contribution in [0.1, 0.15) is 27.7 Å². The summed E-state index contributed by atoms with van der Waals surface area (Å²) >= 11 is 4.69. The van der Waals surface area contributed by atoms with E-state index in [1.54, 1.807) is 6.92 Å². The normalized spacial score (nSPS) is 9.20. The molecule has 0 heterocycles. The van der Waals surface area contributed by atoms with Gasteiger partial charge in [0, 0.05) is 0 Å². The number of hydrogen-bond acceptors (Lipinski definition) is 4. The lowest BCUT2D eigenvalue weighted by molar-refractivity contribution is -0.149. The monoisotopic (exact) mass is 237 g/mol. The van der Waals surface area contributed by atoms with E-state index in [0.29, 0.717) is 0 Å². The van der Waals surface area contributed by atoms with Crippen LogP contribution in [0.2, 0.25) is 0 Å². The highest BCUT2D eigenvalue weighted by Gasteiger charge is 2.08. The zero-order valence-electron chi connectivity index (χ0n) is 9.88. The fraction of sp³-hybridized carbons (Fsp3) is 0.800. The van der Waals surface area contributed by atoms with Crippen molar-refractivity contribution in [3.05, 3.63) is 0 Å². The molecule has 0 fully saturated rings. The highest BCUT2D eigenvalue weighted by atomic mass is 35.5. The number of nitrogens with zero attached hydrogens (tertiary/aromatic N) is 1. The predicted octanol–water partition coefficient (Wildman–Crippen LogP) is 1.66. The van der Waals surface area contributed by atoms with Crippen LogP contribution in [0.5, 0.6) is 0 Å². The minimum Gasteiger partial charge on any atom is -0.459 e. The first-order valence-electron chi connectivity index (χ1n) is 5.12. The average Bonchev–Trinajstić information content (AvgIpc) is 2.21. The van der Waals surface area contributed by atoms with E-state index >= 15 is 0 Å². The fourth-order valence-corrected chi connectivity index (χ4v) is 0.913. The van der Waals surface area contributed by atoms with Gasteiger partial charge >= 0.3 is 11.2 Å². The number of ether oxygens (including phenoxy) is 1. The fourth-order valence-electron chi connectivity index (χ4n) is 0.859. The number of carbonyl (C=O) groups excluding carboxylic acids is 2. The molecule has 15 heavy (non-hydrogen) atoms. The average molecular weight is 238 g/mol. The van der Waals surface area contributed by atoms with Gasteiger partial charge in [-0.15, -0.1) is 0 Å². The Kier molecular flexibility index (Phi) is 12.8. The van der Waals surface area contributed by atoms with E-state index in [4.69, 9.17) is 11.6 Å². The number of carbonyl (C=O) groups is 2. The molecule has 0 aliphatic carbocycles. The lowest BCUT2D eigenvalue weighted by Crippen LogP contribution is -2.21. The van der Waals surface area contributed by atoms with Gasteiger partial charge in [-0.05, 0) is 38.2 Å². The number of rotatable bonds is 5. The van der Waals surface area contributed by atoms with Gasteiger partial charge in [-0.2, -0.15) is 0 Å². The van der Waals surface area contributed by atoms with Gasteiger partial charge in [0.05, 0.1) is 6.61 Å². The molecule has 0 spiro atoms.